The molecule has 152 valence electrons. The van der Waals surface area contributed by atoms with Gasteiger partial charge in [0.1, 0.15) is 12.4 Å². The second kappa shape index (κ2) is 10.9. The summed E-state index contributed by atoms with van der Waals surface area (Å²) in [4.78, 5) is 23.0. The zero-order valence-electron chi connectivity index (χ0n) is 16.0. The number of sulfone groups is 1. The summed E-state index contributed by atoms with van der Waals surface area (Å²) in [6.45, 7) is 1.63. The molecule has 0 saturated carbocycles. The Kier molecular flexibility index (Phi) is 8.25. The normalized spacial score (nSPS) is 10.4. The molecule has 0 radical (unpaired) electrons. The first-order chi connectivity index (χ1) is 13.9. The Morgan fingerprint density at radius 3 is 2.52 bits per heavy atom. The van der Waals surface area contributed by atoms with Gasteiger partial charge >= 0.3 is 0 Å². The molecule has 2 rings (SSSR count). The molecule has 0 atom stereocenters. The highest BCUT2D eigenvalue weighted by atomic mass is 32.2. The summed E-state index contributed by atoms with van der Waals surface area (Å²) in [5.41, 5.74) is 0.626. The molecule has 0 bridgehead atoms. The smallest absolute Gasteiger partial charge is 0.221 e. The van der Waals surface area contributed by atoms with Crippen molar-refractivity contribution in [2.45, 2.75) is 18.2 Å². The maximum atomic E-state index is 12.1. The third-order valence-electron chi connectivity index (χ3n) is 3.66. The lowest BCUT2D eigenvalue weighted by molar-refractivity contribution is -0.120. The number of amides is 2. The Morgan fingerprint density at radius 2 is 1.79 bits per heavy atom. The van der Waals surface area contributed by atoms with Gasteiger partial charge in [-0.3, -0.25) is 9.59 Å². The molecule has 2 aromatic rings. The molecule has 0 aliphatic rings. The number of rotatable bonds is 8. The first kappa shape index (κ1) is 22.0. The second-order valence-corrected chi connectivity index (χ2v) is 8.12. The van der Waals surface area contributed by atoms with E-state index in [0.29, 0.717) is 11.4 Å². The van der Waals surface area contributed by atoms with Gasteiger partial charge in [-0.25, -0.2) is 8.42 Å². The molecular formula is C21H22N2O5S. The van der Waals surface area contributed by atoms with E-state index < -0.39 is 9.84 Å². The Hall–Kier alpha value is -3.31. The van der Waals surface area contributed by atoms with Crippen molar-refractivity contribution in [1.82, 2.24) is 5.32 Å². The van der Waals surface area contributed by atoms with Crippen LogP contribution < -0.4 is 15.4 Å². The zero-order chi connectivity index (χ0) is 21.1. The Balaban J connectivity index is 1.69. The molecule has 29 heavy (non-hydrogen) atoms. The van der Waals surface area contributed by atoms with Crippen molar-refractivity contribution in [3.05, 3.63) is 54.6 Å². The van der Waals surface area contributed by atoms with Gasteiger partial charge in [0.15, 0.2) is 9.84 Å². The first-order valence-electron chi connectivity index (χ1n) is 8.87. The van der Waals surface area contributed by atoms with Crippen LogP contribution in [0.5, 0.6) is 5.75 Å². The van der Waals surface area contributed by atoms with Crippen LogP contribution in [0.4, 0.5) is 5.69 Å². The summed E-state index contributed by atoms with van der Waals surface area (Å²) in [6.07, 6.45) is -0.134. The molecule has 0 fully saturated rings. The van der Waals surface area contributed by atoms with Crippen LogP contribution in [0, 0.1) is 11.8 Å². The molecule has 0 spiro atoms. The van der Waals surface area contributed by atoms with Gasteiger partial charge in [-0.1, -0.05) is 36.1 Å². The standard InChI is InChI=1S/C21H22N2O5S/c1-17(24)23-18-8-7-9-19(16-18)28-14-6-5-13-22-21(25)12-15-29(26,27)20-10-3-2-4-11-20/h2-4,7-11,16H,12-15H2,1H3,(H,22,25)(H,23,24). The second-order valence-electron chi connectivity index (χ2n) is 6.01. The number of carbonyl (C=O) groups excluding carboxylic acids is 2. The van der Waals surface area contributed by atoms with Gasteiger partial charge < -0.3 is 15.4 Å². The summed E-state index contributed by atoms with van der Waals surface area (Å²) in [7, 11) is -3.48. The highest BCUT2D eigenvalue weighted by Crippen LogP contribution is 2.17. The number of hydrogen-bond donors (Lipinski definition) is 2. The Morgan fingerprint density at radius 1 is 1.03 bits per heavy atom. The molecule has 2 N–H and O–H groups in total. The van der Waals surface area contributed by atoms with Crippen molar-refractivity contribution < 1.29 is 22.7 Å². The summed E-state index contributed by atoms with van der Waals surface area (Å²) >= 11 is 0. The van der Waals surface area contributed by atoms with Gasteiger partial charge in [0.2, 0.25) is 11.8 Å². The molecular weight excluding hydrogens is 392 g/mol. The van der Waals surface area contributed by atoms with Crippen LogP contribution in [0.25, 0.3) is 0 Å². The highest BCUT2D eigenvalue weighted by Gasteiger charge is 2.15. The van der Waals surface area contributed by atoms with E-state index >= 15 is 0 Å². The van der Waals surface area contributed by atoms with Gasteiger partial charge in [-0.15, -0.1) is 0 Å². The number of nitrogens with one attached hydrogen (secondary N) is 2. The third-order valence-corrected chi connectivity index (χ3v) is 5.40. The van der Waals surface area contributed by atoms with Crippen LogP contribution in [0.2, 0.25) is 0 Å². The fourth-order valence-corrected chi connectivity index (χ4v) is 3.57. The minimum atomic E-state index is -3.48. The number of anilines is 1. The summed E-state index contributed by atoms with van der Waals surface area (Å²) < 4.78 is 29.7. The fourth-order valence-electron chi connectivity index (χ4n) is 2.30. The van der Waals surface area contributed by atoms with Crippen LogP contribution in [0.3, 0.4) is 0 Å². The van der Waals surface area contributed by atoms with Crippen LogP contribution in [0.15, 0.2) is 59.5 Å². The van der Waals surface area contributed by atoms with E-state index in [1.807, 2.05) is 0 Å². The van der Waals surface area contributed by atoms with E-state index in [9.17, 15) is 18.0 Å². The number of benzene rings is 2. The van der Waals surface area contributed by atoms with E-state index in [-0.39, 0.29) is 42.0 Å². The van der Waals surface area contributed by atoms with Crippen LogP contribution in [-0.4, -0.2) is 39.1 Å². The topological polar surface area (TPSA) is 102 Å². The first-order valence-corrected chi connectivity index (χ1v) is 10.5. The van der Waals surface area contributed by atoms with Crippen LogP contribution in [-0.2, 0) is 19.4 Å². The Bertz CT molecular complexity index is 1010. The summed E-state index contributed by atoms with van der Waals surface area (Å²) in [5.74, 6) is 5.23. The van der Waals surface area contributed by atoms with Crippen molar-refractivity contribution in [1.29, 1.82) is 0 Å². The monoisotopic (exact) mass is 414 g/mol. The van der Waals surface area contributed by atoms with E-state index in [1.54, 1.807) is 42.5 Å². The van der Waals surface area contributed by atoms with Crippen molar-refractivity contribution in [2.24, 2.45) is 0 Å². The molecule has 2 amide bonds. The van der Waals surface area contributed by atoms with Gasteiger partial charge in [-0.05, 0) is 24.3 Å². The van der Waals surface area contributed by atoms with Crippen molar-refractivity contribution in [2.75, 3.05) is 24.2 Å². The molecule has 0 heterocycles. The molecule has 0 aliphatic carbocycles. The lowest BCUT2D eigenvalue weighted by Crippen LogP contribution is -2.26. The summed E-state index contributed by atoms with van der Waals surface area (Å²) in [5, 5.41) is 5.21. The molecule has 0 unspecified atom stereocenters. The molecule has 2 aromatic carbocycles. The van der Waals surface area contributed by atoms with E-state index in [2.05, 4.69) is 22.5 Å². The molecule has 7 nitrogen and oxygen atoms in total. The predicted octanol–water partition coefficient (Wildman–Crippen LogP) is 2.01. The minimum absolute atomic E-state index is 0.0967. The molecule has 0 saturated heterocycles. The van der Waals surface area contributed by atoms with Crippen molar-refractivity contribution in [3.8, 4) is 17.6 Å². The predicted molar refractivity (Wildman–Crippen MR) is 110 cm³/mol. The highest BCUT2D eigenvalue weighted by molar-refractivity contribution is 7.91. The molecule has 8 heteroatoms. The largest absolute Gasteiger partial charge is 0.481 e. The molecule has 0 aromatic heterocycles. The lowest BCUT2D eigenvalue weighted by atomic mass is 10.3. The maximum absolute atomic E-state index is 12.1. The zero-order valence-corrected chi connectivity index (χ0v) is 16.8. The maximum Gasteiger partial charge on any atom is 0.221 e. The number of ether oxygens (including phenoxy) is 1. The Labute approximate surface area is 170 Å². The molecule has 0 aliphatic heterocycles. The van der Waals surface area contributed by atoms with Gasteiger partial charge in [-0.2, -0.15) is 0 Å². The SMILES string of the molecule is CC(=O)Nc1cccc(OCC#CCNC(=O)CCS(=O)(=O)c2ccccc2)c1. The van der Waals surface area contributed by atoms with Crippen molar-refractivity contribution in [3.63, 3.8) is 0 Å². The number of hydrogen-bond acceptors (Lipinski definition) is 5. The van der Waals surface area contributed by atoms with E-state index in [0.717, 1.165) is 0 Å². The summed E-state index contributed by atoms with van der Waals surface area (Å²) in [6, 6.07) is 14.9. The van der Waals surface area contributed by atoms with Gasteiger partial charge in [0, 0.05) is 25.1 Å². The van der Waals surface area contributed by atoms with Gasteiger partial charge in [0.05, 0.1) is 17.2 Å². The van der Waals surface area contributed by atoms with E-state index in [4.69, 9.17) is 4.74 Å². The van der Waals surface area contributed by atoms with Crippen molar-refractivity contribution >= 4 is 27.3 Å². The number of carbonyl (C=O) groups is 2. The quantitative estimate of drug-likeness (QED) is 0.644. The average molecular weight is 414 g/mol. The van der Waals surface area contributed by atoms with Gasteiger partial charge in [0.25, 0.3) is 0 Å². The lowest BCUT2D eigenvalue weighted by Gasteiger charge is -2.05. The third kappa shape index (κ3) is 8.07. The minimum Gasteiger partial charge on any atom is -0.481 e. The van der Waals surface area contributed by atoms with Crippen LogP contribution in [0.1, 0.15) is 13.3 Å². The van der Waals surface area contributed by atoms with E-state index in [1.165, 1.54) is 19.1 Å². The average Bonchev–Trinajstić information content (AvgIpc) is 2.69. The fraction of sp³-hybridized carbons (Fsp3) is 0.238. The van der Waals surface area contributed by atoms with Crippen LogP contribution >= 0.6 is 0 Å².